The molecule has 1 heterocycles. The Balaban J connectivity index is 0.00000156. The van der Waals surface area contributed by atoms with E-state index in [1.165, 1.54) is 30.5 Å². The van der Waals surface area contributed by atoms with Gasteiger partial charge in [0, 0.05) is 31.4 Å². The summed E-state index contributed by atoms with van der Waals surface area (Å²) in [5.74, 6) is 0. The third-order valence-corrected chi connectivity index (χ3v) is 4.74. The van der Waals surface area contributed by atoms with Gasteiger partial charge in [0.15, 0.2) is 0 Å². The van der Waals surface area contributed by atoms with E-state index in [2.05, 4.69) is 59.3 Å². The largest absolute Gasteiger partial charge is 0.399 e. The van der Waals surface area contributed by atoms with Gasteiger partial charge in [0.05, 0.1) is 0 Å². The maximum atomic E-state index is 5.89. The third kappa shape index (κ3) is 6.52. The molecule has 138 valence electrons. The van der Waals surface area contributed by atoms with Gasteiger partial charge in [-0.05, 0) is 49.7 Å². The normalized spacial score (nSPS) is 17.6. The molecule has 1 fully saturated rings. The summed E-state index contributed by atoms with van der Waals surface area (Å²) in [6.45, 7) is 4.38. The van der Waals surface area contributed by atoms with Gasteiger partial charge in [0.25, 0.3) is 0 Å². The molecule has 1 aliphatic heterocycles. The zero-order valence-electron chi connectivity index (χ0n) is 14.8. The fourth-order valence-corrected chi connectivity index (χ4v) is 3.48. The molecule has 25 heavy (non-hydrogen) atoms. The summed E-state index contributed by atoms with van der Waals surface area (Å²) in [6.07, 6.45) is 2.56. The van der Waals surface area contributed by atoms with Crippen molar-refractivity contribution in [2.75, 3.05) is 25.9 Å². The molecule has 1 saturated heterocycles. The standard InChI is InChI=1S/C20H27N3.2ClH/c1-22(14-18-9-5-10-19(21)13-18)20-11-6-12-23(16-20)15-17-7-3-2-4-8-17;;/h2-5,7-10,13,20H,6,11-12,14-16,21H2,1H3;2*1H. The number of halogens is 2. The number of hydrogen-bond donors (Lipinski definition) is 1. The molecule has 2 aromatic rings. The number of nitrogens with zero attached hydrogens (tertiary/aromatic N) is 2. The molecule has 0 saturated carbocycles. The average Bonchev–Trinajstić information content (AvgIpc) is 2.56. The Bertz CT molecular complexity index is 621. The Morgan fingerprint density at radius 2 is 1.76 bits per heavy atom. The minimum atomic E-state index is 0. The van der Waals surface area contributed by atoms with Gasteiger partial charge < -0.3 is 5.73 Å². The lowest BCUT2D eigenvalue weighted by molar-refractivity contribution is 0.107. The molecular formula is C20H29Cl2N3. The molecule has 0 spiro atoms. The molecule has 1 unspecified atom stereocenters. The first-order valence-electron chi connectivity index (χ1n) is 8.51. The van der Waals surface area contributed by atoms with Crippen LogP contribution in [0.25, 0.3) is 0 Å². The van der Waals surface area contributed by atoms with Crippen molar-refractivity contribution >= 4 is 30.5 Å². The van der Waals surface area contributed by atoms with Crippen molar-refractivity contribution in [1.82, 2.24) is 9.80 Å². The van der Waals surface area contributed by atoms with E-state index < -0.39 is 0 Å². The lowest BCUT2D eigenvalue weighted by Gasteiger charge is -2.37. The summed E-state index contributed by atoms with van der Waals surface area (Å²) in [6, 6.07) is 19.6. The number of likely N-dealkylation sites (tertiary alicyclic amines) is 1. The number of rotatable bonds is 5. The van der Waals surface area contributed by atoms with Crippen LogP contribution in [0, 0.1) is 0 Å². The summed E-state index contributed by atoms with van der Waals surface area (Å²) >= 11 is 0. The molecule has 0 bridgehead atoms. The third-order valence-electron chi connectivity index (χ3n) is 4.74. The van der Waals surface area contributed by atoms with E-state index in [0.29, 0.717) is 6.04 Å². The number of benzene rings is 2. The lowest BCUT2D eigenvalue weighted by Crippen LogP contribution is -2.45. The first kappa shape index (κ1) is 21.8. The minimum absolute atomic E-state index is 0. The summed E-state index contributed by atoms with van der Waals surface area (Å²) in [5.41, 5.74) is 9.45. The molecule has 0 amide bonds. The summed E-state index contributed by atoms with van der Waals surface area (Å²) < 4.78 is 0. The predicted octanol–water partition coefficient (Wildman–Crippen LogP) is 4.21. The van der Waals surface area contributed by atoms with E-state index in [4.69, 9.17) is 5.73 Å². The van der Waals surface area contributed by atoms with Crippen LogP contribution in [0.1, 0.15) is 24.0 Å². The fourth-order valence-electron chi connectivity index (χ4n) is 3.48. The molecule has 2 N–H and O–H groups in total. The molecule has 1 aliphatic rings. The maximum Gasteiger partial charge on any atom is 0.0317 e. The highest BCUT2D eigenvalue weighted by molar-refractivity contribution is 5.85. The molecule has 3 nitrogen and oxygen atoms in total. The molecule has 0 aromatic heterocycles. The predicted molar refractivity (Wildman–Crippen MR) is 112 cm³/mol. The van der Waals surface area contributed by atoms with E-state index in [1.807, 2.05) is 12.1 Å². The number of piperidine rings is 1. The zero-order valence-corrected chi connectivity index (χ0v) is 16.4. The minimum Gasteiger partial charge on any atom is -0.399 e. The van der Waals surface area contributed by atoms with Gasteiger partial charge >= 0.3 is 0 Å². The van der Waals surface area contributed by atoms with Crippen LogP contribution in [0.3, 0.4) is 0 Å². The molecular weight excluding hydrogens is 353 g/mol. The van der Waals surface area contributed by atoms with Gasteiger partial charge in [0.1, 0.15) is 0 Å². The second-order valence-electron chi connectivity index (χ2n) is 6.68. The van der Waals surface area contributed by atoms with Crippen molar-refractivity contribution in [2.45, 2.75) is 32.0 Å². The summed E-state index contributed by atoms with van der Waals surface area (Å²) in [7, 11) is 2.24. The van der Waals surface area contributed by atoms with Gasteiger partial charge in [-0.2, -0.15) is 0 Å². The summed E-state index contributed by atoms with van der Waals surface area (Å²) in [4.78, 5) is 5.06. The van der Waals surface area contributed by atoms with E-state index >= 15 is 0 Å². The molecule has 5 heteroatoms. The number of nitrogens with two attached hydrogens (primary N) is 1. The van der Waals surface area contributed by atoms with Crippen LogP contribution in [0.2, 0.25) is 0 Å². The van der Waals surface area contributed by atoms with E-state index in [0.717, 1.165) is 25.3 Å². The Labute approximate surface area is 164 Å². The number of anilines is 1. The van der Waals surface area contributed by atoms with E-state index in [-0.39, 0.29) is 24.8 Å². The van der Waals surface area contributed by atoms with Crippen LogP contribution in [-0.4, -0.2) is 36.0 Å². The van der Waals surface area contributed by atoms with Crippen LogP contribution in [-0.2, 0) is 13.1 Å². The smallest absolute Gasteiger partial charge is 0.0317 e. The zero-order chi connectivity index (χ0) is 16.1. The van der Waals surface area contributed by atoms with Gasteiger partial charge in [-0.3, -0.25) is 9.80 Å². The van der Waals surface area contributed by atoms with Gasteiger partial charge in [-0.25, -0.2) is 0 Å². The van der Waals surface area contributed by atoms with E-state index in [1.54, 1.807) is 0 Å². The monoisotopic (exact) mass is 381 g/mol. The molecule has 2 aromatic carbocycles. The highest BCUT2D eigenvalue weighted by Gasteiger charge is 2.23. The number of hydrogen-bond acceptors (Lipinski definition) is 3. The Morgan fingerprint density at radius 1 is 1.04 bits per heavy atom. The molecule has 1 atom stereocenters. The van der Waals surface area contributed by atoms with Crippen LogP contribution in [0.5, 0.6) is 0 Å². The first-order chi connectivity index (χ1) is 11.2. The van der Waals surface area contributed by atoms with Crippen molar-refractivity contribution < 1.29 is 0 Å². The second kappa shape index (κ2) is 10.7. The molecule has 0 radical (unpaired) electrons. The van der Waals surface area contributed by atoms with Gasteiger partial charge in [-0.1, -0.05) is 42.5 Å². The van der Waals surface area contributed by atoms with Crippen molar-refractivity contribution in [3.05, 3.63) is 65.7 Å². The van der Waals surface area contributed by atoms with Crippen molar-refractivity contribution in [3.63, 3.8) is 0 Å². The first-order valence-corrected chi connectivity index (χ1v) is 8.51. The highest BCUT2D eigenvalue weighted by atomic mass is 35.5. The lowest BCUT2D eigenvalue weighted by atomic mass is 10.0. The number of likely N-dealkylation sites (N-methyl/N-ethyl adjacent to an activating group) is 1. The van der Waals surface area contributed by atoms with Crippen LogP contribution in [0.15, 0.2) is 54.6 Å². The highest BCUT2D eigenvalue weighted by Crippen LogP contribution is 2.19. The quantitative estimate of drug-likeness (QED) is 0.787. The topological polar surface area (TPSA) is 32.5 Å². The van der Waals surface area contributed by atoms with Crippen LogP contribution in [0.4, 0.5) is 5.69 Å². The van der Waals surface area contributed by atoms with Crippen molar-refractivity contribution in [3.8, 4) is 0 Å². The Morgan fingerprint density at radius 3 is 2.48 bits per heavy atom. The molecule has 0 aliphatic carbocycles. The second-order valence-corrected chi connectivity index (χ2v) is 6.68. The summed E-state index contributed by atoms with van der Waals surface area (Å²) in [5, 5.41) is 0. The SMILES string of the molecule is CN(Cc1cccc(N)c1)C1CCCN(Cc2ccccc2)C1.Cl.Cl. The fraction of sp³-hybridized carbons (Fsp3) is 0.400. The van der Waals surface area contributed by atoms with Gasteiger partial charge in [0.2, 0.25) is 0 Å². The van der Waals surface area contributed by atoms with Crippen molar-refractivity contribution in [2.24, 2.45) is 0 Å². The molecule has 3 rings (SSSR count). The number of nitrogen functional groups attached to an aromatic ring is 1. The van der Waals surface area contributed by atoms with Crippen molar-refractivity contribution in [1.29, 1.82) is 0 Å². The van der Waals surface area contributed by atoms with Crippen LogP contribution < -0.4 is 5.73 Å². The van der Waals surface area contributed by atoms with E-state index in [9.17, 15) is 0 Å². The average molecular weight is 382 g/mol. The Hall–Kier alpha value is -1.26. The van der Waals surface area contributed by atoms with Gasteiger partial charge in [-0.15, -0.1) is 24.8 Å². The Kier molecular flexibility index (Phi) is 9.30. The van der Waals surface area contributed by atoms with Crippen LogP contribution >= 0.6 is 24.8 Å². The maximum absolute atomic E-state index is 5.89.